The van der Waals surface area contributed by atoms with Crippen molar-refractivity contribution < 1.29 is 28.7 Å². The van der Waals surface area contributed by atoms with Crippen molar-refractivity contribution in [2.75, 3.05) is 13.2 Å². The molecule has 1 aromatic heterocycles. The number of amides is 2. The number of nitrogens with zero attached hydrogens (tertiary/aromatic N) is 1. The average molecular weight is 435 g/mol. The third-order valence-corrected chi connectivity index (χ3v) is 5.84. The number of carbonyl (C=O) groups excluding carboxylic acids is 4. The number of esters is 2. The van der Waals surface area contributed by atoms with Crippen molar-refractivity contribution in [1.82, 2.24) is 10.2 Å². The van der Waals surface area contributed by atoms with Gasteiger partial charge in [0, 0.05) is 11.8 Å². The van der Waals surface area contributed by atoms with Gasteiger partial charge in [-0.3, -0.25) is 19.3 Å². The highest BCUT2D eigenvalue weighted by Gasteiger charge is 2.53. The zero-order chi connectivity index (χ0) is 21.8. The van der Waals surface area contributed by atoms with Gasteiger partial charge in [-0.1, -0.05) is 19.9 Å². The van der Waals surface area contributed by atoms with E-state index in [1.807, 2.05) is 31.4 Å². The number of thiophene rings is 1. The summed E-state index contributed by atoms with van der Waals surface area (Å²) < 4.78 is 10.4. The molecule has 2 atom stereocenters. The van der Waals surface area contributed by atoms with E-state index in [1.54, 1.807) is 0 Å². The summed E-state index contributed by atoms with van der Waals surface area (Å²) in [7, 11) is 0. The van der Waals surface area contributed by atoms with E-state index in [0.717, 1.165) is 4.88 Å². The van der Waals surface area contributed by atoms with Gasteiger partial charge in [0.25, 0.3) is 5.91 Å². The molecule has 1 aromatic rings. The van der Waals surface area contributed by atoms with Crippen molar-refractivity contribution in [1.29, 1.82) is 0 Å². The van der Waals surface area contributed by atoms with Crippen LogP contribution < -0.4 is 5.32 Å². The van der Waals surface area contributed by atoms with Crippen molar-refractivity contribution in [3.05, 3.63) is 33.7 Å². The van der Waals surface area contributed by atoms with Gasteiger partial charge in [-0.25, -0.2) is 4.79 Å². The van der Waals surface area contributed by atoms with Crippen LogP contribution in [-0.4, -0.2) is 54.0 Å². The van der Waals surface area contributed by atoms with Crippen LogP contribution in [0.5, 0.6) is 0 Å². The first-order chi connectivity index (χ1) is 14.3. The predicted octanol–water partition coefficient (Wildman–Crippen LogP) is 1.80. The van der Waals surface area contributed by atoms with E-state index >= 15 is 0 Å². The van der Waals surface area contributed by atoms with Crippen LogP contribution in [0, 0.1) is 5.92 Å². The van der Waals surface area contributed by atoms with E-state index in [9.17, 15) is 19.2 Å². The Morgan fingerprint density at radius 2 is 2.07 bits per heavy atom. The number of fused-ring (bicyclic) bond motifs is 1. The molecule has 3 heterocycles. The van der Waals surface area contributed by atoms with Gasteiger partial charge >= 0.3 is 11.9 Å². The number of carbonyl (C=O) groups is 4. The fourth-order valence-corrected chi connectivity index (χ4v) is 4.27. The fraction of sp³-hybridized carbons (Fsp3) is 0.524. The van der Waals surface area contributed by atoms with E-state index in [2.05, 4.69) is 5.32 Å². The summed E-state index contributed by atoms with van der Waals surface area (Å²) in [5.41, 5.74) is 0.703. The third-order valence-electron chi connectivity index (χ3n) is 4.96. The Morgan fingerprint density at radius 3 is 2.70 bits per heavy atom. The van der Waals surface area contributed by atoms with Crippen molar-refractivity contribution in [2.45, 2.75) is 52.1 Å². The van der Waals surface area contributed by atoms with Gasteiger partial charge in [-0.05, 0) is 35.8 Å². The molecule has 0 unspecified atom stereocenters. The number of hydrogen-bond donors (Lipinski definition) is 1. The van der Waals surface area contributed by atoms with Gasteiger partial charge < -0.3 is 14.8 Å². The summed E-state index contributed by atoms with van der Waals surface area (Å²) in [6.45, 7) is 5.28. The van der Waals surface area contributed by atoms with Gasteiger partial charge in [0.1, 0.15) is 18.3 Å². The molecule has 0 radical (unpaired) electrons. The molecule has 1 N–H and O–H groups in total. The first kappa shape index (κ1) is 22.0. The molecule has 0 aromatic carbocycles. The maximum Gasteiger partial charge on any atom is 0.355 e. The standard InChI is InChI=1S/C21H26N2O6S/c1-12(2)10-29-21(27)19-14(11-28-13(3)24)6-7-16-18(20(26)23(16)19)22-17(25)9-15-5-4-8-30-15/h4-5,8,12,16,18H,6-7,9-11H2,1-3H3,(H,22,25)/t16-,18+/m1/s1. The first-order valence-electron chi connectivity index (χ1n) is 9.95. The summed E-state index contributed by atoms with van der Waals surface area (Å²) in [4.78, 5) is 51.4. The molecule has 3 rings (SSSR count). The van der Waals surface area contributed by atoms with Crippen LogP contribution in [0.25, 0.3) is 0 Å². The van der Waals surface area contributed by atoms with Gasteiger partial charge in [-0.2, -0.15) is 0 Å². The minimum absolute atomic E-state index is 0.0622. The van der Waals surface area contributed by atoms with Gasteiger partial charge in [0.2, 0.25) is 5.91 Å². The molecule has 2 aliphatic heterocycles. The lowest BCUT2D eigenvalue weighted by molar-refractivity contribution is -0.158. The zero-order valence-electron chi connectivity index (χ0n) is 17.3. The first-order valence-corrected chi connectivity index (χ1v) is 10.8. The van der Waals surface area contributed by atoms with Crippen LogP contribution >= 0.6 is 11.3 Å². The summed E-state index contributed by atoms with van der Waals surface area (Å²) in [6, 6.07) is 2.76. The monoisotopic (exact) mass is 434 g/mol. The molecule has 0 aliphatic carbocycles. The Morgan fingerprint density at radius 1 is 1.30 bits per heavy atom. The van der Waals surface area contributed by atoms with Crippen LogP contribution in [0.4, 0.5) is 0 Å². The minimum atomic E-state index is -0.666. The van der Waals surface area contributed by atoms with Crippen molar-refractivity contribution in [3.8, 4) is 0 Å². The summed E-state index contributed by atoms with van der Waals surface area (Å²) >= 11 is 1.48. The van der Waals surface area contributed by atoms with Gasteiger partial charge in [0.15, 0.2) is 0 Å². The average Bonchev–Trinajstić information content (AvgIpc) is 3.20. The molecule has 2 aliphatic rings. The van der Waals surface area contributed by atoms with Crippen molar-refractivity contribution >= 4 is 35.1 Å². The maximum atomic E-state index is 12.8. The topological polar surface area (TPSA) is 102 Å². The minimum Gasteiger partial charge on any atom is -0.461 e. The molecule has 9 heteroatoms. The molecule has 30 heavy (non-hydrogen) atoms. The molecule has 0 spiro atoms. The number of rotatable bonds is 8. The Labute approximate surface area is 179 Å². The highest BCUT2D eigenvalue weighted by atomic mass is 32.1. The van der Waals surface area contributed by atoms with E-state index < -0.39 is 18.0 Å². The molecular weight excluding hydrogens is 408 g/mol. The Hall–Kier alpha value is -2.68. The molecule has 1 saturated heterocycles. The lowest BCUT2D eigenvalue weighted by atomic mass is 9.83. The lowest BCUT2D eigenvalue weighted by Gasteiger charge is -2.50. The van der Waals surface area contributed by atoms with Crippen LogP contribution in [0.15, 0.2) is 28.8 Å². The Balaban J connectivity index is 1.73. The second-order valence-corrected chi connectivity index (χ2v) is 8.87. The highest BCUT2D eigenvalue weighted by molar-refractivity contribution is 7.10. The zero-order valence-corrected chi connectivity index (χ0v) is 18.1. The molecule has 2 amide bonds. The SMILES string of the molecule is CC(=O)OCC1=C(C(=O)OCC(C)C)N2C(=O)[C@@H](NC(=O)Cc3cccs3)[C@H]2CC1. The molecule has 1 fully saturated rings. The molecule has 0 bridgehead atoms. The maximum absolute atomic E-state index is 12.8. The summed E-state index contributed by atoms with van der Waals surface area (Å²) in [6.07, 6.45) is 1.25. The molecular formula is C21H26N2O6S. The highest BCUT2D eigenvalue weighted by Crippen LogP contribution is 2.37. The van der Waals surface area contributed by atoms with Crippen molar-refractivity contribution in [2.24, 2.45) is 5.92 Å². The van der Waals surface area contributed by atoms with E-state index in [1.165, 1.54) is 23.2 Å². The van der Waals surface area contributed by atoms with Crippen LogP contribution in [0.3, 0.4) is 0 Å². The second-order valence-electron chi connectivity index (χ2n) is 7.84. The van der Waals surface area contributed by atoms with E-state index in [4.69, 9.17) is 9.47 Å². The Kier molecular flexibility index (Phi) is 6.91. The van der Waals surface area contributed by atoms with Gasteiger partial charge in [0.05, 0.1) is 19.1 Å². The predicted molar refractivity (Wildman–Crippen MR) is 109 cm³/mol. The van der Waals surface area contributed by atoms with Crippen LogP contribution in [-0.2, 0) is 35.1 Å². The smallest absolute Gasteiger partial charge is 0.355 e. The molecule has 162 valence electrons. The molecule has 8 nitrogen and oxygen atoms in total. The molecule has 0 saturated carbocycles. The Bertz CT molecular complexity index is 861. The van der Waals surface area contributed by atoms with Crippen molar-refractivity contribution in [3.63, 3.8) is 0 Å². The summed E-state index contributed by atoms with van der Waals surface area (Å²) in [5.74, 6) is -1.51. The van der Waals surface area contributed by atoms with E-state index in [0.29, 0.717) is 18.4 Å². The summed E-state index contributed by atoms with van der Waals surface area (Å²) in [5, 5.41) is 4.69. The quantitative estimate of drug-likeness (QED) is 0.494. The van der Waals surface area contributed by atoms with E-state index in [-0.39, 0.29) is 49.1 Å². The second kappa shape index (κ2) is 9.42. The van der Waals surface area contributed by atoms with Gasteiger partial charge in [-0.15, -0.1) is 11.3 Å². The fourth-order valence-electron chi connectivity index (χ4n) is 3.56. The number of nitrogens with one attached hydrogen (secondary N) is 1. The van der Waals surface area contributed by atoms with Crippen LogP contribution in [0.2, 0.25) is 0 Å². The number of hydrogen-bond acceptors (Lipinski definition) is 7. The number of ether oxygens (including phenoxy) is 2. The number of β-lactam (4-membered cyclic amide) rings is 1. The normalized spacial score (nSPS) is 20.5. The largest absolute Gasteiger partial charge is 0.461 e. The lowest BCUT2D eigenvalue weighted by Crippen LogP contribution is -2.71. The van der Waals surface area contributed by atoms with Crippen LogP contribution in [0.1, 0.15) is 38.5 Å². The third kappa shape index (κ3) is 4.89.